The first-order valence-corrected chi connectivity index (χ1v) is 7.35. The zero-order chi connectivity index (χ0) is 14.5. The summed E-state index contributed by atoms with van der Waals surface area (Å²) in [5.41, 5.74) is 3.42. The van der Waals surface area contributed by atoms with Crippen molar-refractivity contribution < 1.29 is 0 Å². The lowest BCUT2D eigenvalue weighted by molar-refractivity contribution is 1.02. The van der Waals surface area contributed by atoms with Crippen molar-refractivity contribution in [2.45, 2.75) is 0 Å². The largest absolute Gasteiger partial charge is 0.292 e. The summed E-state index contributed by atoms with van der Waals surface area (Å²) in [6, 6.07) is 25.2. The van der Waals surface area contributed by atoms with Gasteiger partial charge in [0.25, 0.3) is 0 Å². The molecule has 0 atom stereocenters. The van der Waals surface area contributed by atoms with Gasteiger partial charge in [0.05, 0.1) is 16.6 Å². The minimum absolute atomic E-state index is 0.952. The number of aromatic amines is 1. The molecule has 0 spiro atoms. The van der Waals surface area contributed by atoms with Crippen LogP contribution < -0.4 is 0 Å². The van der Waals surface area contributed by atoms with E-state index in [2.05, 4.69) is 81.5 Å². The number of para-hydroxylation sites is 3. The molecule has 0 amide bonds. The predicted molar refractivity (Wildman–Crippen MR) is 90.4 cm³/mol. The molecule has 0 aliphatic carbocycles. The summed E-state index contributed by atoms with van der Waals surface area (Å²) in [5, 5.41) is 11.4. The first kappa shape index (κ1) is 11.6. The van der Waals surface area contributed by atoms with Gasteiger partial charge in [-0.3, -0.25) is 9.67 Å². The molecule has 0 radical (unpaired) electrons. The number of fused-ring (bicyclic) bond motifs is 4. The van der Waals surface area contributed by atoms with Crippen LogP contribution in [0.2, 0.25) is 0 Å². The summed E-state index contributed by atoms with van der Waals surface area (Å²) in [6.45, 7) is 0. The Balaban J connectivity index is 2.02. The third kappa shape index (κ3) is 1.42. The Morgan fingerprint density at radius 3 is 1.86 bits per heavy atom. The van der Waals surface area contributed by atoms with Gasteiger partial charge in [-0.05, 0) is 24.3 Å². The van der Waals surface area contributed by atoms with E-state index in [1.54, 1.807) is 0 Å². The number of benzene rings is 3. The van der Waals surface area contributed by atoms with Crippen molar-refractivity contribution in [2.75, 3.05) is 0 Å². The first-order valence-electron chi connectivity index (χ1n) is 7.35. The predicted octanol–water partition coefficient (Wildman–Crippen LogP) is 4.66. The SMILES string of the molecule is c1ccc2c(-n3c4ccccc4c4ccccc43)n[nH]c2c1. The number of hydrogen-bond acceptors (Lipinski definition) is 1. The maximum Gasteiger partial charge on any atom is 0.167 e. The molecule has 3 heteroatoms. The van der Waals surface area contributed by atoms with Crippen LogP contribution in [0.25, 0.3) is 38.5 Å². The molecule has 5 aromatic rings. The monoisotopic (exact) mass is 283 g/mol. The number of nitrogens with zero attached hydrogens (tertiary/aromatic N) is 2. The van der Waals surface area contributed by atoms with E-state index in [1.807, 2.05) is 6.07 Å². The fourth-order valence-electron chi connectivity index (χ4n) is 3.27. The molecule has 0 saturated carbocycles. The van der Waals surface area contributed by atoms with E-state index in [4.69, 9.17) is 0 Å². The van der Waals surface area contributed by atoms with Gasteiger partial charge in [-0.15, -0.1) is 0 Å². The van der Waals surface area contributed by atoms with Gasteiger partial charge in [-0.25, -0.2) is 0 Å². The fourth-order valence-corrected chi connectivity index (χ4v) is 3.27. The third-order valence-electron chi connectivity index (χ3n) is 4.24. The van der Waals surface area contributed by atoms with Gasteiger partial charge in [-0.2, -0.15) is 5.10 Å². The molecule has 5 rings (SSSR count). The smallest absolute Gasteiger partial charge is 0.167 e. The van der Waals surface area contributed by atoms with Gasteiger partial charge >= 0.3 is 0 Å². The minimum Gasteiger partial charge on any atom is -0.292 e. The normalized spacial score (nSPS) is 11.6. The molecular weight excluding hydrogens is 270 g/mol. The van der Waals surface area contributed by atoms with E-state index in [1.165, 1.54) is 21.8 Å². The second-order valence-corrected chi connectivity index (χ2v) is 5.46. The number of nitrogens with one attached hydrogen (secondary N) is 1. The number of rotatable bonds is 1. The quantitative estimate of drug-likeness (QED) is 0.477. The minimum atomic E-state index is 0.952. The molecule has 3 aromatic carbocycles. The summed E-state index contributed by atoms with van der Waals surface area (Å²) in [4.78, 5) is 0. The van der Waals surface area contributed by atoms with Crippen molar-refractivity contribution in [3.05, 3.63) is 72.8 Å². The van der Waals surface area contributed by atoms with E-state index >= 15 is 0 Å². The van der Waals surface area contributed by atoms with Gasteiger partial charge in [-0.1, -0.05) is 48.5 Å². The van der Waals surface area contributed by atoms with Crippen molar-refractivity contribution in [1.82, 2.24) is 14.8 Å². The Morgan fingerprint density at radius 2 is 1.18 bits per heavy atom. The maximum atomic E-state index is 4.58. The summed E-state index contributed by atoms with van der Waals surface area (Å²) in [7, 11) is 0. The Bertz CT molecular complexity index is 1080. The highest BCUT2D eigenvalue weighted by atomic mass is 15.2. The third-order valence-corrected chi connectivity index (χ3v) is 4.24. The molecule has 3 nitrogen and oxygen atoms in total. The van der Waals surface area contributed by atoms with E-state index in [9.17, 15) is 0 Å². The molecule has 2 heterocycles. The Labute approximate surface area is 126 Å². The molecular formula is C19H13N3. The molecule has 0 bridgehead atoms. The van der Waals surface area contributed by atoms with Gasteiger partial charge in [0.1, 0.15) is 0 Å². The Kier molecular flexibility index (Phi) is 2.22. The van der Waals surface area contributed by atoms with E-state index < -0.39 is 0 Å². The highest BCUT2D eigenvalue weighted by Gasteiger charge is 2.15. The average Bonchev–Trinajstić information content (AvgIpc) is 3.14. The van der Waals surface area contributed by atoms with Crippen LogP contribution in [-0.4, -0.2) is 14.8 Å². The highest BCUT2D eigenvalue weighted by molar-refractivity contribution is 6.10. The van der Waals surface area contributed by atoms with E-state index in [-0.39, 0.29) is 0 Å². The standard InChI is InChI=1S/C19H13N3/c1-4-10-16-15(9-1)19(21-20-16)22-17-11-5-2-7-13(17)14-8-3-6-12-18(14)22/h1-12H,(H,20,21). The van der Waals surface area contributed by atoms with Gasteiger partial charge in [0, 0.05) is 16.2 Å². The molecule has 0 saturated heterocycles. The van der Waals surface area contributed by atoms with Gasteiger partial charge in [0.15, 0.2) is 5.82 Å². The number of H-pyrrole nitrogens is 1. The van der Waals surface area contributed by atoms with Crippen molar-refractivity contribution in [1.29, 1.82) is 0 Å². The van der Waals surface area contributed by atoms with Crippen LogP contribution in [0, 0.1) is 0 Å². The van der Waals surface area contributed by atoms with Crippen molar-refractivity contribution >= 4 is 32.7 Å². The van der Waals surface area contributed by atoms with Crippen molar-refractivity contribution in [2.24, 2.45) is 0 Å². The van der Waals surface area contributed by atoms with Crippen LogP contribution in [0.1, 0.15) is 0 Å². The zero-order valence-electron chi connectivity index (χ0n) is 11.8. The van der Waals surface area contributed by atoms with Crippen LogP contribution in [0.5, 0.6) is 0 Å². The zero-order valence-corrected chi connectivity index (χ0v) is 11.8. The Morgan fingerprint density at radius 1 is 0.636 bits per heavy atom. The van der Waals surface area contributed by atoms with Gasteiger partial charge in [0.2, 0.25) is 0 Å². The second-order valence-electron chi connectivity index (χ2n) is 5.46. The highest BCUT2D eigenvalue weighted by Crippen LogP contribution is 2.33. The van der Waals surface area contributed by atoms with Crippen LogP contribution in [0.4, 0.5) is 0 Å². The number of hydrogen-bond donors (Lipinski definition) is 1. The summed E-state index contributed by atoms with van der Waals surface area (Å²) in [6.07, 6.45) is 0. The second kappa shape index (κ2) is 4.21. The molecule has 0 aliphatic heterocycles. The molecule has 0 aliphatic rings. The Hall–Kier alpha value is -3.07. The van der Waals surface area contributed by atoms with E-state index in [0.717, 1.165) is 16.7 Å². The summed E-state index contributed by atoms with van der Waals surface area (Å²) < 4.78 is 2.24. The van der Waals surface area contributed by atoms with Crippen LogP contribution in [-0.2, 0) is 0 Å². The van der Waals surface area contributed by atoms with Crippen LogP contribution in [0.15, 0.2) is 72.8 Å². The summed E-state index contributed by atoms with van der Waals surface area (Å²) in [5.74, 6) is 0.952. The summed E-state index contributed by atoms with van der Waals surface area (Å²) >= 11 is 0. The molecule has 22 heavy (non-hydrogen) atoms. The van der Waals surface area contributed by atoms with Crippen LogP contribution in [0.3, 0.4) is 0 Å². The fraction of sp³-hybridized carbons (Fsp3) is 0. The number of aromatic nitrogens is 3. The first-order chi connectivity index (χ1) is 10.9. The van der Waals surface area contributed by atoms with E-state index in [0.29, 0.717) is 0 Å². The molecule has 2 aromatic heterocycles. The lowest BCUT2D eigenvalue weighted by Crippen LogP contribution is -1.94. The maximum absolute atomic E-state index is 4.58. The molecule has 0 fully saturated rings. The van der Waals surface area contributed by atoms with Crippen LogP contribution >= 0.6 is 0 Å². The molecule has 1 N–H and O–H groups in total. The lowest BCUT2D eigenvalue weighted by atomic mass is 10.2. The lowest BCUT2D eigenvalue weighted by Gasteiger charge is -2.04. The molecule has 104 valence electrons. The molecule has 0 unspecified atom stereocenters. The average molecular weight is 283 g/mol. The topological polar surface area (TPSA) is 33.6 Å². The van der Waals surface area contributed by atoms with Crippen molar-refractivity contribution in [3.63, 3.8) is 0 Å². The van der Waals surface area contributed by atoms with Crippen molar-refractivity contribution in [3.8, 4) is 5.82 Å². The van der Waals surface area contributed by atoms with Gasteiger partial charge < -0.3 is 0 Å².